The normalized spacial score (nSPS) is 21.9. The van der Waals surface area contributed by atoms with Crippen molar-refractivity contribution in [2.75, 3.05) is 26.3 Å². The van der Waals surface area contributed by atoms with E-state index in [2.05, 4.69) is 4.90 Å². The molecule has 1 fully saturated rings. The summed E-state index contributed by atoms with van der Waals surface area (Å²) < 4.78 is 33.1. The second-order valence-electron chi connectivity index (χ2n) is 6.95. The minimum atomic E-state index is -3.53. The predicted molar refractivity (Wildman–Crippen MR) is 96.4 cm³/mol. The van der Waals surface area contributed by atoms with E-state index in [1.165, 1.54) is 9.54 Å². The monoisotopic (exact) mass is 360 g/mol. The summed E-state index contributed by atoms with van der Waals surface area (Å²) in [6.07, 6.45) is 4.53. The summed E-state index contributed by atoms with van der Waals surface area (Å²) in [4.78, 5) is 2.80. The van der Waals surface area contributed by atoms with E-state index in [1.54, 1.807) is 18.3 Å². The molecular formula is C19H24N2O3S. The Morgan fingerprint density at radius 1 is 1.08 bits per heavy atom. The van der Waals surface area contributed by atoms with Crippen LogP contribution in [-0.2, 0) is 27.6 Å². The molecule has 0 amide bonds. The molecule has 0 spiro atoms. The molecule has 0 bridgehead atoms. The van der Waals surface area contributed by atoms with Gasteiger partial charge in [-0.3, -0.25) is 4.90 Å². The van der Waals surface area contributed by atoms with Crippen LogP contribution in [0.25, 0.3) is 0 Å². The van der Waals surface area contributed by atoms with Gasteiger partial charge in [-0.1, -0.05) is 17.7 Å². The number of aryl methyl sites for hydroxylation is 2. The van der Waals surface area contributed by atoms with E-state index in [9.17, 15) is 8.42 Å². The van der Waals surface area contributed by atoms with Gasteiger partial charge in [0.05, 0.1) is 18.1 Å². The number of rotatable bonds is 3. The van der Waals surface area contributed by atoms with Crippen LogP contribution in [-0.4, -0.2) is 49.6 Å². The van der Waals surface area contributed by atoms with Gasteiger partial charge in [-0.05, 0) is 43.5 Å². The van der Waals surface area contributed by atoms with Crippen LogP contribution in [0.15, 0.2) is 41.4 Å². The van der Waals surface area contributed by atoms with Crippen molar-refractivity contribution in [3.63, 3.8) is 0 Å². The molecule has 1 aliphatic carbocycles. The summed E-state index contributed by atoms with van der Waals surface area (Å²) in [5.74, 6) is 0. The average molecular weight is 360 g/mol. The highest BCUT2D eigenvalue weighted by molar-refractivity contribution is 7.90. The van der Waals surface area contributed by atoms with Gasteiger partial charge in [0.1, 0.15) is 0 Å². The number of aromatic nitrogens is 1. The van der Waals surface area contributed by atoms with E-state index in [0.717, 1.165) is 56.8 Å². The number of ether oxygens (including phenoxy) is 1. The molecule has 1 saturated heterocycles. The number of benzene rings is 1. The Kier molecular flexibility index (Phi) is 4.43. The van der Waals surface area contributed by atoms with Crippen molar-refractivity contribution in [1.29, 1.82) is 0 Å². The van der Waals surface area contributed by atoms with Gasteiger partial charge in [-0.2, -0.15) is 0 Å². The molecule has 1 aliphatic heterocycles. The second kappa shape index (κ2) is 6.59. The Balaban J connectivity index is 1.65. The maximum atomic E-state index is 13.1. The minimum Gasteiger partial charge on any atom is -0.379 e. The maximum Gasteiger partial charge on any atom is 0.267 e. The molecule has 2 aliphatic rings. The Morgan fingerprint density at radius 3 is 2.52 bits per heavy atom. The molecule has 2 aromatic rings. The lowest BCUT2D eigenvalue weighted by Gasteiger charge is -2.37. The van der Waals surface area contributed by atoms with Crippen LogP contribution in [0.5, 0.6) is 0 Å². The van der Waals surface area contributed by atoms with Crippen molar-refractivity contribution in [2.45, 2.75) is 37.1 Å². The van der Waals surface area contributed by atoms with Crippen molar-refractivity contribution in [3.05, 3.63) is 53.3 Å². The molecule has 4 rings (SSSR count). The number of nitrogens with zero attached hydrogens (tertiary/aromatic N) is 2. The van der Waals surface area contributed by atoms with Gasteiger partial charge in [0.25, 0.3) is 10.0 Å². The molecule has 1 aromatic heterocycles. The van der Waals surface area contributed by atoms with Gasteiger partial charge in [-0.15, -0.1) is 0 Å². The zero-order valence-electron chi connectivity index (χ0n) is 14.5. The van der Waals surface area contributed by atoms with Gasteiger partial charge in [-0.25, -0.2) is 12.4 Å². The quantitative estimate of drug-likeness (QED) is 0.842. The Bertz CT molecular complexity index is 849. The van der Waals surface area contributed by atoms with E-state index in [1.807, 2.05) is 25.1 Å². The highest BCUT2D eigenvalue weighted by atomic mass is 32.2. The van der Waals surface area contributed by atoms with E-state index in [4.69, 9.17) is 4.74 Å². The predicted octanol–water partition coefficient (Wildman–Crippen LogP) is 2.22. The van der Waals surface area contributed by atoms with Crippen LogP contribution in [0.1, 0.15) is 23.2 Å². The van der Waals surface area contributed by atoms with Crippen LogP contribution in [0.2, 0.25) is 0 Å². The fraction of sp³-hybridized carbons (Fsp3) is 0.474. The van der Waals surface area contributed by atoms with Crippen LogP contribution in [0.3, 0.4) is 0 Å². The standard InChI is InChI=1S/C19H24N2O3S/c1-15-2-6-18(7-3-15)25(22,23)21-9-8-16-4-5-17(14-19(16)21)20-10-12-24-13-11-20/h2-3,6-9,17H,4-5,10-14H2,1H3. The number of hydrogen-bond donors (Lipinski definition) is 0. The molecule has 0 N–H and O–H groups in total. The maximum absolute atomic E-state index is 13.1. The highest BCUT2D eigenvalue weighted by Gasteiger charge is 2.30. The Morgan fingerprint density at radius 2 is 1.80 bits per heavy atom. The smallest absolute Gasteiger partial charge is 0.267 e. The van der Waals surface area contributed by atoms with Crippen molar-refractivity contribution >= 4 is 10.0 Å². The molecule has 6 heteroatoms. The number of morpholine rings is 1. The first-order chi connectivity index (χ1) is 12.1. The Hall–Kier alpha value is -1.63. The summed E-state index contributed by atoms with van der Waals surface area (Å²) in [5.41, 5.74) is 3.17. The molecule has 0 saturated carbocycles. The fourth-order valence-electron chi connectivity index (χ4n) is 3.88. The van der Waals surface area contributed by atoms with Crippen molar-refractivity contribution in [1.82, 2.24) is 8.87 Å². The van der Waals surface area contributed by atoms with Crippen molar-refractivity contribution in [2.24, 2.45) is 0 Å². The first kappa shape index (κ1) is 16.8. The topological polar surface area (TPSA) is 51.5 Å². The molecule has 25 heavy (non-hydrogen) atoms. The van der Waals surface area contributed by atoms with E-state index in [-0.39, 0.29) is 0 Å². The largest absolute Gasteiger partial charge is 0.379 e. The second-order valence-corrected chi connectivity index (χ2v) is 8.76. The van der Waals surface area contributed by atoms with Crippen molar-refractivity contribution in [3.8, 4) is 0 Å². The van der Waals surface area contributed by atoms with Gasteiger partial charge < -0.3 is 4.74 Å². The lowest BCUT2D eigenvalue weighted by Crippen LogP contribution is -2.46. The van der Waals surface area contributed by atoms with E-state index >= 15 is 0 Å². The summed E-state index contributed by atoms with van der Waals surface area (Å²) >= 11 is 0. The summed E-state index contributed by atoms with van der Waals surface area (Å²) in [6.45, 7) is 5.37. The lowest BCUT2D eigenvalue weighted by molar-refractivity contribution is 0.0135. The fourth-order valence-corrected chi connectivity index (χ4v) is 5.29. The first-order valence-corrected chi connectivity index (χ1v) is 10.3. The average Bonchev–Trinajstić information content (AvgIpc) is 3.07. The third-order valence-corrected chi connectivity index (χ3v) is 7.09. The van der Waals surface area contributed by atoms with Gasteiger partial charge in [0.2, 0.25) is 0 Å². The zero-order valence-corrected chi connectivity index (χ0v) is 15.3. The molecule has 5 nitrogen and oxygen atoms in total. The Labute approximate surface area is 149 Å². The molecule has 134 valence electrons. The third-order valence-electron chi connectivity index (χ3n) is 5.36. The molecular weight excluding hydrogens is 336 g/mol. The summed E-state index contributed by atoms with van der Waals surface area (Å²) in [6, 6.07) is 9.45. The van der Waals surface area contributed by atoms with E-state index < -0.39 is 10.0 Å². The molecule has 1 unspecified atom stereocenters. The zero-order chi connectivity index (χ0) is 17.4. The molecule has 0 radical (unpaired) electrons. The van der Waals surface area contributed by atoms with Crippen LogP contribution in [0, 0.1) is 6.92 Å². The van der Waals surface area contributed by atoms with Crippen LogP contribution >= 0.6 is 0 Å². The van der Waals surface area contributed by atoms with Crippen LogP contribution in [0.4, 0.5) is 0 Å². The van der Waals surface area contributed by atoms with Crippen LogP contribution < -0.4 is 0 Å². The highest BCUT2D eigenvalue weighted by Crippen LogP contribution is 2.29. The first-order valence-electron chi connectivity index (χ1n) is 8.89. The number of hydrogen-bond acceptors (Lipinski definition) is 4. The number of fused-ring (bicyclic) bond motifs is 1. The van der Waals surface area contributed by atoms with Gasteiger partial charge >= 0.3 is 0 Å². The third kappa shape index (κ3) is 3.14. The molecule has 1 aromatic carbocycles. The lowest BCUT2D eigenvalue weighted by atomic mass is 9.92. The van der Waals surface area contributed by atoms with E-state index in [0.29, 0.717) is 10.9 Å². The SMILES string of the molecule is Cc1ccc(S(=O)(=O)n2ccc3c2CC(N2CCOCC2)CC3)cc1. The minimum absolute atomic E-state index is 0.352. The van der Waals surface area contributed by atoms with Gasteiger partial charge in [0, 0.05) is 37.4 Å². The molecule has 2 heterocycles. The summed E-state index contributed by atoms with van der Waals surface area (Å²) in [7, 11) is -3.53. The van der Waals surface area contributed by atoms with Crippen molar-refractivity contribution < 1.29 is 13.2 Å². The summed E-state index contributed by atoms with van der Waals surface area (Å²) in [5, 5.41) is 0. The molecule has 1 atom stereocenters. The van der Waals surface area contributed by atoms with Gasteiger partial charge in [0.15, 0.2) is 0 Å².